The van der Waals surface area contributed by atoms with Crippen molar-refractivity contribution in [2.24, 2.45) is 0 Å². The van der Waals surface area contributed by atoms with E-state index >= 15 is 0 Å². The molecule has 0 aliphatic heterocycles. The van der Waals surface area contributed by atoms with Crippen molar-refractivity contribution in [2.75, 3.05) is 10.8 Å². The summed E-state index contributed by atoms with van der Waals surface area (Å²) >= 11 is 12.6. The Morgan fingerprint density at radius 2 is 1.49 bits per heavy atom. The van der Waals surface area contributed by atoms with Crippen LogP contribution in [0.25, 0.3) is 0 Å². The number of nitrogens with zero attached hydrogens (tertiary/aromatic N) is 2. The fourth-order valence-electron chi connectivity index (χ4n) is 5.96. The third kappa shape index (κ3) is 8.95. The van der Waals surface area contributed by atoms with E-state index < -0.39 is 28.5 Å². The van der Waals surface area contributed by atoms with Crippen molar-refractivity contribution in [1.82, 2.24) is 10.2 Å². The van der Waals surface area contributed by atoms with Crippen LogP contribution in [0, 0.1) is 6.92 Å². The highest BCUT2D eigenvalue weighted by Gasteiger charge is 2.35. The first kappa shape index (κ1) is 34.5. The Morgan fingerprint density at radius 1 is 0.809 bits per heavy atom. The van der Waals surface area contributed by atoms with Crippen molar-refractivity contribution in [1.29, 1.82) is 0 Å². The monoisotopic (exact) mass is 691 g/mol. The second kappa shape index (κ2) is 15.8. The minimum absolute atomic E-state index is 0.0123. The van der Waals surface area contributed by atoms with Crippen LogP contribution in [0.3, 0.4) is 0 Å². The van der Waals surface area contributed by atoms with Gasteiger partial charge in [0, 0.05) is 19.0 Å². The van der Waals surface area contributed by atoms with Crippen LogP contribution >= 0.6 is 23.2 Å². The van der Waals surface area contributed by atoms with Gasteiger partial charge in [0.15, 0.2) is 0 Å². The Hall–Kier alpha value is -3.85. The fourth-order valence-corrected chi connectivity index (χ4v) is 7.71. The van der Waals surface area contributed by atoms with Crippen LogP contribution in [-0.4, -0.2) is 43.8 Å². The van der Waals surface area contributed by atoms with Gasteiger partial charge in [-0.05, 0) is 72.9 Å². The van der Waals surface area contributed by atoms with Gasteiger partial charge in [0.25, 0.3) is 10.0 Å². The fraction of sp³-hybridized carbons (Fsp3) is 0.297. The molecule has 0 saturated heterocycles. The number of amides is 2. The highest BCUT2D eigenvalue weighted by molar-refractivity contribution is 7.92. The summed E-state index contributed by atoms with van der Waals surface area (Å²) in [5.74, 6) is -0.806. The zero-order valence-corrected chi connectivity index (χ0v) is 28.6. The lowest BCUT2D eigenvalue weighted by Crippen LogP contribution is -2.55. The van der Waals surface area contributed by atoms with E-state index in [2.05, 4.69) is 5.32 Å². The molecule has 0 bridgehead atoms. The number of nitrogens with one attached hydrogen (secondary N) is 1. The number of hydrogen-bond acceptors (Lipinski definition) is 4. The molecule has 0 heterocycles. The number of benzene rings is 4. The summed E-state index contributed by atoms with van der Waals surface area (Å²) in [6, 6.07) is 28.7. The van der Waals surface area contributed by atoms with Crippen LogP contribution in [0.5, 0.6) is 0 Å². The lowest BCUT2D eigenvalue weighted by atomic mass is 9.94. The van der Waals surface area contributed by atoms with Crippen LogP contribution in [-0.2, 0) is 32.6 Å². The van der Waals surface area contributed by atoms with Gasteiger partial charge in [-0.15, -0.1) is 0 Å². The Kier molecular flexibility index (Phi) is 11.6. The Labute approximate surface area is 287 Å². The topological polar surface area (TPSA) is 86.8 Å². The first-order valence-corrected chi connectivity index (χ1v) is 18.0. The molecule has 1 aliphatic carbocycles. The van der Waals surface area contributed by atoms with Gasteiger partial charge in [0.05, 0.1) is 20.6 Å². The van der Waals surface area contributed by atoms with E-state index in [0.29, 0.717) is 21.3 Å². The predicted molar refractivity (Wildman–Crippen MR) is 188 cm³/mol. The molecule has 1 saturated carbocycles. The van der Waals surface area contributed by atoms with Crippen LogP contribution < -0.4 is 9.62 Å². The molecule has 1 aliphatic rings. The first-order valence-electron chi connectivity index (χ1n) is 15.8. The maximum atomic E-state index is 14.7. The summed E-state index contributed by atoms with van der Waals surface area (Å²) in [5.41, 5.74) is 2.72. The molecule has 246 valence electrons. The van der Waals surface area contributed by atoms with Gasteiger partial charge >= 0.3 is 0 Å². The molecule has 4 aromatic rings. The van der Waals surface area contributed by atoms with Gasteiger partial charge in [-0.1, -0.05) is 109 Å². The molecule has 1 fully saturated rings. The average Bonchev–Trinajstić information content (AvgIpc) is 3.08. The van der Waals surface area contributed by atoms with Crippen molar-refractivity contribution < 1.29 is 18.0 Å². The summed E-state index contributed by atoms with van der Waals surface area (Å²) in [7, 11) is -4.17. The predicted octanol–water partition coefficient (Wildman–Crippen LogP) is 7.59. The number of hydrogen-bond donors (Lipinski definition) is 1. The minimum Gasteiger partial charge on any atom is -0.352 e. The number of carbonyl (C=O) groups is 2. The van der Waals surface area contributed by atoms with Gasteiger partial charge in [-0.25, -0.2) is 8.42 Å². The number of anilines is 1. The Balaban J connectivity index is 1.57. The number of halogens is 2. The van der Waals surface area contributed by atoms with Crippen LogP contribution in [0.15, 0.2) is 108 Å². The smallest absolute Gasteiger partial charge is 0.264 e. The number of sulfonamides is 1. The van der Waals surface area contributed by atoms with E-state index in [-0.39, 0.29) is 29.8 Å². The summed E-state index contributed by atoms with van der Waals surface area (Å²) in [6.45, 7) is 1.35. The first-order chi connectivity index (χ1) is 22.6. The molecule has 47 heavy (non-hydrogen) atoms. The zero-order chi connectivity index (χ0) is 33.4. The van der Waals surface area contributed by atoms with E-state index in [1.165, 1.54) is 17.0 Å². The third-order valence-corrected chi connectivity index (χ3v) is 11.0. The van der Waals surface area contributed by atoms with Gasteiger partial charge in [0.2, 0.25) is 11.8 Å². The Morgan fingerprint density at radius 3 is 2.15 bits per heavy atom. The molecule has 2 amide bonds. The summed E-state index contributed by atoms with van der Waals surface area (Å²) < 4.78 is 29.4. The van der Waals surface area contributed by atoms with Crippen molar-refractivity contribution >= 4 is 50.7 Å². The van der Waals surface area contributed by atoms with Crippen LogP contribution in [0.4, 0.5) is 5.69 Å². The van der Waals surface area contributed by atoms with Crippen molar-refractivity contribution in [2.45, 2.75) is 69.0 Å². The van der Waals surface area contributed by atoms with E-state index in [1.807, 2.05) is 43.3 Å². The molecule has 1 atom stereocenters. The minimum atomic E-state index is -4.17. The van der Waals surface area contributed by atoms with E-state index in [0.717, 1.165) is 47.5 Å². The molecule has 1 N–H and O–H groups in total. The van der Waals surface area contributed by atoms with Crippen molar-refractivity contribution in [3.05, 3.63) is 130 Å². The summed E-state index contributed by atoms with van der Waals surface area (Å²) in [4.78, 5) is 30.4. The second-order valence-corrected chi connectivity index (χ2v) is 14.7. The van der Waals surface area contributed by atoms with E-state index in [9.17, 15) is 18.0 Å². The van der Waals surface area contributed by atoms with Crippen molar-refractivity contribution in [3.8, 4) is 0 Å². The lowest BCUT2D eigenvalue weighted by Gasteiger charge is -2.35. The lowest BCUT2D eigenvalue weighted by molar-refractivity contribution is -0.140. The largest absolute Gasteiger partial charge is 0.352 e. The van der Waals surface area contributed by atoms with Gasteiger partial charge in [-0.3, -0.25) is 13.9 Å². The molecule has 0 aromatic heterocycles. The quantitative estimate of drug-likeness (QED) is 0.166. The van der Waals surface area contributed by atoms with E-state index in [1.54, 1.807) is 54.6 Å². The molecular formula is C37H39Cl2N3O4S. The number of aryl methyl sites for hydroxylation is 1. The molecule has 10 heteroatoms. The molecule has 1 unspecified atom stereocenters. The average molecular weight is 693 g/mol. The molecule has 0 spiro atoms. The standard InChI is InChI=1S/C37H39Cl2N3O4S/c1-27-12-11-17-31(22-27)42(47(45,46)32-18-9-4-10-19-32)26-36(43)41(25-29-20-21-33(38)34(39)23-29)35(24-28-13-5-2-6-14-28)37(44)40-30-15-7-3-8-16-30/h2,4-6,9-14,17-23,30,35H,3,7-8,15-16,24-26H2,1H3,(H,40,44). The third-order valence-electron chi connectivity index (χ3n) is 8.46. The van der Waals surface area contributed by atoms with Crippen molar-refractivity contribution in [3.63, 3.8) is 0 Å². The zero-order valence-electron chi connectivity index (χ0n) is 26.3. The molecule has 7 nitrogen and oxygen atoms in total. The second-order valence-electron chi connectivity index (χ2n) is 12.0. The maximum Gasteiger partial charge on any atom is 0.264 e. The number of rotatable bonds is 12. The highest BCUT2D eigenvalue weighted by atomic mass is 35.5. The van der Waals surface area contributed by atoms with Crippen LogP contribution in [0.2, 0.25) is 10.0 Å². The molecule has 4 aromatic carbocycles. The summed E-state index contributed by atoms with van der Waals surface area (Å²) in [6.07, 6.45) is 5.18. The van der Waals surface area contributed by atoms with Gasteiger partial charge in [0.1, 0.15) is 12.6 Å². The molecule has 0 radical (unpaired) electrons. The van der Waals surface area contributed by atoms with Gasteiger partial charge in [-0.2, -0.15) is 0 Å². The van der Waals surface area contributed by atoms with Crippen LogP contribution in [0.1, 0.15) is 48.8 Å². The molecule has 5 rings (SSSR count). The normalized spacial score (nSPS) is 14.3. The number of carbonyl (C=O) groups excluding carboxylic acids is 2. The maximum absolute atomic E-state index is 14.7. The Bertz CT molecular complexity index is 1780. The van der Waals surface area contributed by atoms with Gasteiger partial charge < -0.3 is 10.2 Å². The highest BCUT2D eigenvalue weighted by Crippen LogP contribution is 2.28. The summed E-state index contributed by atoms with van der Waals surface area (Å²) in [5, 5.41) is 3.90. The molecular weight excluding hydrogens is 653 g/mol. The van der Waals surface area contributed by atoms with E-state index in [4.69, 9.17) is 23.2 Å². The SMILES string of the molecule is Cc1cccc(N(CC(=O)N(Cc2ccc(Cl)c(Cl)c2)C(Cc2ccccc2)C(=O)NC2CCCCC2)S(=O)(=O)c2ccccc2)c1.